The normalized spacial score (nSPS) is 14.8. The molecule has 0 fully saturated rings. The van der Waals surface area contributed by atoms with Crippen molar-refractivity contribution in [3.05, 3.63) is 222 Å². The van der Waals surface area contributed by atoms with Crippen LogP contribution in [-0.4, -0.2) is 19.9 Å². The van der Waals surface area contributed by atoms with Gasteiger partial charge in [0.05, 0.1) is 34.4 Å². The van der Waals surface area contributed by atoms with Crippen LogP contribution in [0.1, 0.15) is 90.4 Å². The minimum Gasteiger partial charge on any atom is -0.201 e. The van der Waals surface area contributed by atoms with Gasteiger partial charge in [-0.1, -0.05) is 24.3 Å². The first-order chi connectivity index (χ1) is 35.2. The summed E-state index contributed by atoms with van der Waals surface area (Å²) >= 11 is 0. The molecule has 0 radical (unpaired) electrons. The van der Waals surface area contributed by atoms with Crippen LogP contribution in [0, 0.1) is 139 Å². The fraction of sp³-hybridized carbons (Fsp3) is 0.0800. The fourth-order valence-corrected chi connectivity index (χ4v) is 9.58. The predicted molar refractivity (Wildman–Crippen MR) is 219 cm³/mol. The molecule has 4 aromatic heterocycles. The number of allylic oxidation sites excluding steroid dienone is 4. The number of pyridine rings is 4. The Kier molecular flexibility index (Phi) is 12.3. The summed E-state index contributed by atoms with van der Waals surface area (Å²) in [4.78, 5) is 9.72. The SMILES string of the molecule is N#CC1=C(c2ccc(C#N)cc2)C(C(c2c(F)c(F)nc(F)c2F)c2c(F)c(F)nc(F)c2F)c2cc3c(cc21)C(C(c1c(F)c(F)nc(F)c1F)c1c(F)c(F)nc(F)c1F)C(c1ccc(C#N)cc1)=C3C#N. The Morgan fingerprint density at radius 1 is 0.338 bits per heavy atom. The molecular formula is C50H14F16N8. The minimum atomic E-state index is -3.16. The smallest absolute Gasteiger partial charge is 0.201 e. The lowest BCUT2D eigenvalue weighted by Crippen LogP contribution is -2.23. The van der Waals surface area contributed by atoms with Crippen molar-refractivity contribution < 1.29 is 70.2 Å². The van der Waals surface area contributed by atoms with Crippen LogP contribution in [0.2, 0.25) is 0 Å². The summed E-state index contributed by atoms with van der Waals surface area (Å²) in [6, 6.07) is 16.5. The summed E-state index contributed by atoms with van der Waals surface area (Å²) in [7, 11) is 0. The summed E-state index contributed by atoms with van der Waals surface area (Å²) in [5.41, 5.74) is -15.2. The van der Waals surface area contributed by atoms with Crippen molar-refractivity contribution in [1.82, 2.24) is 19.9 Å². The largest absolute Gasteiger partial charge is 0.252 e. The van der Waals surface area contributed by atoms with Crippen LogP contribution >= 0.6 is 0 Å². The third-order valence-corrected chi connectivity index (χ3v) is 12.5. The molecule has 9 rings (SSSR count). The molecular weight excluding hydrogens is 1020 g/mol. The highest BCUT2D eigenvalue weighted by Crippen LogP contribution is 2.62. The topological polar surface area (TPSA) is 147 Å². The molecule has 2 aliphatic rings. The summed E-state index contributed by atoms with van der Waals surface area (Å²) in [5.74, 6) is -51.6. The molecule has 2 aliphatic carbocycles. The Hall–Kier alpha value is -9.42. The van der Waals surface area contributed by atoms with Gasteiger partial charge in [0.15, 0.2) is 46.5 Å². The van der Waals surface area contributed by atoms with Crippen molar-refractivity contribution in [2.75, 3.05) is 0 Å². The number of hydrogen-bond donors (Lipinski definition) is 0. The van der Waals surface area contributed by atoms with E-state index in [-0.39, 0.29) is 22.3 Å². The molecule has 0 saturated heterocycles. The van der Waals surface area contributed by atoms with Gasteiger partial charge < -0.3 is 0 Å². The van der Waals surface area contributed by atoms with Gasteiger partial charge in [0.1, 0.15) is 12.1 Å². The van der Waals surface area contributed by atoms with Crippen LogP contribution in [0.4, 0.5) is 70.2 Å². The van der Waals surface area contributed by atoms with Crippen LogP contribution in [-0.2, 0) is 0 Å². The molecule has 0 bridgehead atoms. The zero-order valence-electron chi connectivity index (χ0n) is 35.7. The van der Waals surface area contributed by atoms with E-state index in [1.807, 2.05) is 0 Å². The molecule has 0 saturated carbocycles. The Morgan fingerprint density at radius 3 is 0.770 bits per heavy atom. The van der Waals surface area contributed by atoms with Gasteiger partial charge in [-0.25, -0.2) is 35.1 Å². The number of nitrogens with zero attached hydrogens (tertiary/aromatic N) is 8. The summed E-state index contributed by atoms with van der Waals surface area (Å²) in [6.07, 6.45) is 0. The highest BCUT2D eigenvalue weighted by atomic mass is 19.2. The molecule has 4 heterocycles. The molecule has 8 nitrogen and oxygen atoms in total. The van der Waals surface area contributed by atoms with Crippen molar-refractivity contribution in [2.24, 2.45) is 0 Å². The van der Waals surface area contributed by atoms with E-state index in [0.29, 0.717) is 12.1 Å². The highest BCUT2D eigenvalue weighted by molar-refractivity contribution is 6.10. The van der Waals surface area contributed by atoms with E-state index < -0.39 is 185 Å². The Morgan fingerprint density at radius 2 is 0.568 bits per heavy atom. The van der Waals surface area contributed by atoms with E-state index in [1.54, 1.807) is 24.3 Å². The number of benzene rings is 3. The average molecular weight is 1030 g/mol. The number of nitriles is 4. The van der Waals surface area contributed by atoms with E-state index >= 15 is 70.2 Å². The quantitative estimate of drug-likeness (QED) is 0.108. The zero-order chi connectivity index (χ0) is 53.5. The Bertz CT molecular complexity index is 3400. The first-order valence-corrected chi connectivity index (χ1v) is 20.5. The van der Waals surface area contributed by atoms with Crippen LogP contribution in [0.3, 0.4) is 0 Å². The second-order valence-corrected chi connectivity index (χ2v) is 16.1. The summed E-state index contributed by atoms with van der Waals surface area (Å²) < 4.78 is 252. The number of halogens is 16. The van der Waals surface area contributed by atoms with E-state index in [2.05, 4.69) is 19.9 Å². The maximum Gasteiger partial charge on any atom is 0.252 e. The molecule has 0 aliphatic heterocycles. The molecule has 3 aromatic carbocycles. The third kappa shape index (κ3) is 7.44. The molecule has 7 aromatic rings. The van der Waals surface area contributed by atoms with Crippen molar-refractivity contribution >= 4 is 22.3 Å². The van der Waals surface area contributed by atoms with Crippen molar-refractivity contribution in [2.45, 2.75) is 23.7 Å². The van der Waals surface area contributed by atoms with Gasteiger partial charge >= 0.3 is 0 Å². The lowest BCUT2D eigenvalue weighted by Gasteiger charge is -2.31. The van der Waals surface area contributed by atoms with Crippen LogP contribution in [0.5, 0.6) is 0 Å². The van der Waals surface area contributed by atoms with Crippen molar-refractivity contribution in [3.8, 4) is 24.3 Å². The van der Waals surface area contributed by atoms with E-state index in [0.717, 1.165) is 48.5 Å². The second kappa shape index (κ2) is 18.3. The lowest BCUT2D eigenvalue weighted by atomic mass is 9.72. The lowest BCUT2D eigenvalue weighted by molar-refractivity contribution is 0.369. The highest BCUT2D eigenvalue weighted by Gasteiger charge is 2.50. The summed E-state index contributed by atoms with van der Waals surface area (Å²) in [6.45, 7) is 0. The Balaban J connectivity index is 1.50. The molecule has 0 N–H and O–H groups in total. The molecule has 74 heavy (non-hydrogen) atoms. The third-order valence-electron chi connectivity index (χ3n) is 12.5. The molecule has 366 valence electrons. The predicted octanol–water partition coefficient (Wildman–Crippen LogP) is 12.0. The first kappa shape index (κ1) is 49.6. The van der Waals surface area contributed by atoms with Crippen LogP contribution in [0.15, 0.2) is 60.7 Å². The van der Waals surface area contributed by atoms with Crippen molar-refractivity contribution in [3.63, 3.8) is 0 Å². The molecule has 0 spiro atoms. The average Bonchev–Trinajstić information content (AvgIpc) is 3.88. The zero-order valence-corrected chi connectivity index (χ0v) is 35.7. The van der Waals surface area contributed by atoms with E-state index in [4.69, 9.17) is 0 Å². The molecule has 2 unspecified atom stereocenters. The van der Waals surface area contributed by atoms with Crippen molar-refractivity contribution in [1.29, 1.82) is 21.0 Å². The molecule has 0 amide bonds. The number of fused-ring (bicyclic) bond motifs is 2. The molecule has 2 atom stereocenters. The maximum atomic E-state index is 16.3. The van der Waals surface area contributed by atoms with Crippen LogP contribution in [0.25, 0.3) is 22.3 Å². The second-order valence-electron chi connectivity index (χ2n) is 16.1. The number of aromatic nitrogens is 4. The molecule has 24 heteroatoms. The number of rotatable bonds is 8. The van der Waals surface area contributed by atoms with Gasteiger partial charge in [-0.05, 0) is 80.9 Å². The van der Waals surface area contributed by atoms with Gasteiger partial charge in [-0.2, -0.15) is 76.1 Å². The van der Waals surface area contributed by atoms with Gasteiger partial charge in [0, 0.05) is 45.9 Å². The summed E-state index contributed by atoms with van der Waals surface area (Å²) in [5, 5.41) is 41.2. The standard InChI is InChI=1S/C50H14F16N8/c51-35-31(36(52)44(60)71-43(35)59)29(32-37(53)45(61)72-46(62)38(32)54)27-21-10-20-22(9-19(21)23(13-69)25(27)17-5-1-15(11-67)2-6-17)28(26(24(20)14-70)18-7-3-16(12-68)4-8-18)30(33-39(55)47(63)73-48(64)40(33)56)34-41(57)49(65)74-50(66)42(34)58/h1-10,27-30H. The van der Waals surface area contributed by atoms with Gasteiger partial charge in [-0.3, -0.25) is 0 Å². The van der Waals surface area contributed by atoms with Gasteiger partial charge in [0.25, 0.3) is 47.6 Å². The van der Waals surface area contributed by atoms with Gasteiger partial charge in [0.2, 0.25) is 0 Å². The monoisotopic (exact) mass is 1030 g/mol. The van der Waals surface area contributed by atoms with E-state index in [9.17, 15) is 21.0 Å². The van der Waals surface area contributed by atoms with E-state index in [1.165, 1.54) is 0 Å². The van der Waals surface area contributed by atoms with Crippen LogP contribution < -0.4 is 0 Å². The first-order valence-electron chi connectivity index (χ1n) is 20.5. The Labute approximate surface area is 402 Å². The minimum absolute atomic E-state index is 0.138. The number of hydrogen-bond acceptors (Lipinski definition) is 8. The fourth-order valence-electron chi connectivity index (χ4n) is 9.58. The van der Waals surface area contributed by atoms with Gasteiger partial charge in [-0.15, -0.1) is 0 Å². The maximum absolute atomic E-state index is 16.3.